The Balaban J connectivity index is 1.39. The van der Waals surface area contributed by atoms with Crippen molar-refractivity contribution in [2.24, 2.45) is 0 Å². The predicted molar refractivity (Wildman–Crippen MR) is 120 cm³/mol. The number of nitrogens with zero attached hydrogens (tertiary/aromatic N) is 6. The van der Waals surface area contributed by atoms with Gasteiger partial charge in [0.05, 0.1) is 19.8 Å². The number of pyridine rings is 1. The number of aromatic nitrogens is 6. The van der Waals surface area contributed by atoms with Gasteiger partial charge < -0.3 is 19.4 Å². The maximum Gasteiger partial charge on any atom is 0.319 e. The number of nitrogens with one attached hydrogen (secondary N) is 1. The Kier molecular flexibility index (Phi) is 5.39. The van der Waals surface area contributed by atoms with Crippen LogP contribution in [0, 0.1) is 0 Å². The number of benzene rings is 1. The Labute approximate surface area is 189 Å². The van der Waals surface area contributed by atoms with Gasteiger partial charge in [-0.3, -0.25) is 9.78 Å². The molecule has 0 aliphatic heterocycles. The zero-order chi connectivity index (χ0) is 22.8. The second kappa shape index (κ2) is 8.65. The van der Waals surface area contributed by atoms with Gasteiger partial charge in [0, 0.05) is 29.7 Å². The van der Waals surface area contributed by atoms with Crippen LogP contribution in [-0.4, -0.2) is 49.8 Å². The highest BCUT2D eigenvalue weighted by Crippen LogP contribution is 2.37. The molecule has 0 spiro atoms. The van der Waals surface area contributed by atoms with E-state index in [1.165, 1.54) is 14.2 Å². The van der Waals surface area contributed by atoms with Crippen molar-refractivity contribution in [3.8, 4) is 34.4 Å². The molecular formula is C23H21N7O3. The van der Waals surface area contributed by atoms with Crippen LogP contribution in [0.4, 0.5) is 5.69 Å². The molecule has 1 saturated carbocycles. The molecule has 1 N–H and O–H groups in total. The number of carbonyl (C=O) groups excluding carboxylic acids is 1. The SMILES string of the molecule is COc1ncc(-c2ccnc(C(=O)Nc3cccc(-c4nncn4C4CC4)c3)c2)c(OC)n1. The van der Waals surface area contributed by atoms with Gasteiger partial charge in [0.25, 0.3) is 5.91 Å². The van der Waals surface area contributed by atoms with E-state index in [0.717, 1.165) is 24.2 Å². The second-order valence-corrected chi connectivity index (χ2v) is 7.54. The minimum atomic E-state index is -0.342. The highest BCUT2D eigenvalue weighted by Gasteiger charge is 2.26. The molecule has 0 unspecified atom stereocenters. The summed E-state index contributed by atoms with van der Waals surface area (Å²) in [6.07, 6.45) is 7.16. The highest BCUT2D eigenvalue weighted by atomic mass is 16.5. The minimum absolute atomic E-state index is 0.194. The first-order valence-electron chi connectivity index (χ1n) is 10.4. The van der Waals surface area contributed by atoms with Crippen molar-refractivity contribution in [1.82, 2.24) is 29.7 Å². The Morgan fingerprint density at radius 2 is 1.97 bits per heavy atom. The number of ether oxygens (including phenoxy) is 2. The molecule has 10 nitrogen and oxygen atoms in total. The first kappa shape index (κ1) is 20.6. The summed E-state index contributed by atoms with van der Waals surface area (Å²) in [5.74, 6) is 0.790. The maximum atomic E-state index is 12.9. The van der Waals surface area contributed by atoms with E-state index in [0.29, 0.717) is 28.7 Å². The Morgan fingerprint density at radius 1 is 1.09 bits per heavy atom. The van der Waals surface area contributed by atoms with Crippen molar-refractivity contribution in [2.45, 2.75) is 18.9 Å². The van der Waals surface area contributed by atoms with Crippen LogP contribution in [0.5, 0.6) is 11.9 Å². The number of rotatable bonds is 7. The topological polar surface area (TPSA) is 117 Å². The summed E-state index contributed by atoms with van der Waals surface area (Å²) in [6.45, 7) is 0. The third-order valence-corrected chi connectivity index (χ3v) is 5.30. The van der Waals surface area contributed by atoms with E-state index in [2.05, 4.69) is 35.0 Å². The average molecular weight is 443 g/mol. The van der Waals surface area contributed by atoms with Gasteiger partial charge in [-0.1, -0.05) is 12.1 Å². The average Bonchev–Trinajstić information content (AvgIpc) is 3.59. The molecule has 5 rings (SSSR count). The van der Waals surface area contributed by atoms with Crippen LogP contribution in [0.1, 0.15) is 29.4 Å². The summed E-state index contributed by atoms with van der Waals surface area (Å²) in [5.41, 5.74) is 3.09. The molecule has 0 atom stereocenters. The van der Waals surface area contributed by atoms with Crippen LogP contribution in [0.15, 0.2) is 55.1 Å². The normalized spacial score (nSPS) is 12.9. The molecule has 0 saturated heterocycles. The van der Waals surface area contributed by atoms with Crippen LogP contribution < -0.4 is 14.8 Å². The van der Waals surface area contributed by atoms with Crippen LogP contribution in [-0.2, 0) is 0 Å². The quantitative estimate of drug-likeness (QED) is 0.462. The smallest absolute Gasteiger partial charge is 0.319 e. The predicted octanol–water partition coefficient (Wildman–Crippen LogP) is 3.40. The summed E-state index contributed by atoms with van der Waals surface area (Å²) in [6, 6.07) is 11.6. The van der Waals surface area contributed by atoms with Crippen molar-refractivity contribution in [3.05, 3.63) is 60.8 Å². The zero-order valence-corrected chi connectivity index (χ0v) is 18.1. The van der Waals surface area contributed by atoms with Gasteiger partial charge in [0.2, 0.25) is 5.88 Å². The fourth-order valence-corrected chi connectivity index (χ4v) is 3.53. The highest BCUT2D eigenvalue weighted by molar-refractivity contribution is 6.03. The number of hydrogen-bond acceptors (Lipinski definition) is 8. The van der Waals surface area contributed by atoms with Gasteiger partial charge in [-0.2, -0.15) is 4.98 Å². The molecule has 0 radical (unpaired) electrons. The van der Waals surface area contributed by atoms with Crippen LogP contribution in [0.25, 0.3) is 22.5 Å². The van der Waals surface area contributed by atoms with Gasteiger partial charge in [-0.25, -0.2) is 4.98 Å². The summed E-state index contributed by atoms with van der Waals surface area (Å²) in [5, 5.41) is 11.2. The molecule has 1 aromatic carbocycles. The van der Waals surface area contributed by atoms with Gasteiger partial charge >= 0.3 is 6.01 Å². The minimum Gasteiger partial charge on any atom is -0.480 e. The third-order valence-electron chi connectivity index (χ3n) is 5.30. The van der Waals surface area contributed by atoms with Gasteiger partial charge in [0.1, 0.15) is 12.0 Å². The van der Waals surface area contributed by atoms with Crippen molar-refractivity contribution in [2.75, 3.05) is 19.5 Å². The number of amides is 1. The lowest BCUT2D eigenvalue weighted by Crippen LogP contribution is -2.13. The first-order valence-corrected chi connectivity index (χ1v) is 10.4. The maximum absolute atomic E-state index is 12.9. The molecular weight excluding hydrogens is 422 g/mol. The molecule has 3 heterocycles. The van der Waals surface area contributed by atoms with E-state index < -0.39 is 0 Å². The molecule has 10 heteroatoms. The largest absolute Gasteiger partial charge is 0.480 e. The zero-order valence-electron chi connectivity index (χ0n) is 18.1. The van der Waals surface area contributed by atoms with Crippen LogP contribution >= 0.6 is 0 Å². The first-order chi connectivity index (χ1) is 16.2. The standard InChI is InChI=1S/C23H21N7O3/c1-32-22-18(12-25-23(28-22)33-2)14-8-9-24-19(11-14)21(31)27-16-5-3-4-15(10-16)20-29-26-13-30(20)17-6-7-17/h3-5,8-13,17H,6-7H2,1-2H3,(H,27,31). The van der Waals surface area contributed by atoms with E-state index in [9.17, 15) is 4.79 Å². The lowest BCUT2D eigenvalue weighted by atomic mass is 10.1. The second-order valence-electron chi connectivity index (χ2n) is 7.54. The van der Waals surface area contributed by atoms with Crippen LogP contribution in [0.2, 0.25) is 0 Å². The fourth-order valence-electron chi connectivity index (χ4n) is 3.53. The number of methoxy groups -OCH3 is 2. The van der Waals surface area contributed by atoms with Gasteiger partial charge in [0.15, 0.2) is 5.82 Å². The third kappa shape index (κ3) is 4.22. The van der Waals surface area contributed by atoms with Crippen molar-refractivity contribution < 1.29 is 14.3 Å². The Morgan fingerprint density at radius 3 is 2.76 bits per heavy atom. The molecule has 0 bridgehead atoms. The van der Waals surface area contributed by atoms with Crippen LogP contribution in [0.3, 0.4) is 0 Å². The Bertz CT molecular complexity index is 1320. The number of hydrogen-bond donors (Lipinski definition) is 1. The van der Waals surface area contributed by atoms with Crippen molar-refractivity contribution in [3.63, 3.8) is 0 Å². The summed E-state index contributed by atoms with van der Waals surface area (Å²) >= 11 is 0. The number of anilines is 1. The van der Waals surface area contributed by atoms with Gasteiger partial charge in [-0.15, -0.1) is 10.2 Å². The van der Waals surface area contributed by atoms with E-state index >= 15 is 0 Å². The molecule has 166 valence electrons. The molecule has 4 aromatic rings. The van der Waals surface area contributed by atoms with E-state index in [1.54, 1.807) is 30.9 Å². The molecule has 1 fully saturated rings. The van der Waals surface area contributed by atoms with Crippen molar-refractivity contribution in [1.29, 1.82) is 0 Å². The van der Waals surface area contributed by atoms with Gasteiger partial charge in [-0.05, 0) is 42.7 Å². The lowest BCUT2D eigenvalue weighted by molar-refractivity contribution is 0.102. The molecule has 1 aliphatic rings. The lowest BCUT2D eigenvalue weighted by Gasteiger charge is -2.10. The fraction of sp³-hybridized carbons (Fsp3) is 0.217. The molecule has 1 aliphatic carbocycles. The van der Waals surface area contributed by atoms with Crippen molar-refractivity contribution >= 4 is 11.6 Å². The summed E-state index contributed by atoms with van der Waals surface area (Å²) in [4.78, 5) is 25.5. The molecule has 3 aromatic heterocycles. The molecule has 33 heavy (non-hydrogen) atoms. The van der Waals surface area contributed by atoms with E-state index in [-0.39, 0.29) is 17.6 Å². The number of carbonyl (C=O) groups is 1. The summed E-state index contributed by atoms with van der Waals surface area (Å²) in [7, 11) is 2.99. The van der Waals surface area contributed by atoms with E-state index in [4.69, 9.17) is 9.47 Å². The monoisotopic (exact) mass is 443 g/mol. The summed E-state index contributed by atoms with van der Waals surface area (Å²) < 4.78 is 12.5. The van der Waals surface area contributed by atoms with E-state index in [1.807, 2.05) is 24.3 Å². The Hall–Kier alpha value is -4.34. The molecule has 1 amide bonds.